The standard InChI is InChI=1S/C9H10F2N2O5S/c10-9(11)7(14)5-12-19(17,18)8-4-2-1-3-6(8)13(15)16/h1-4,7,9,12,14H,5H2. The zero-order valence-corrected chi connectivity index (χ0v) is 10.2. The summed E-state index contributed by atoms with van der Waals surface area (Å²) in [5.74, 6) is 0. The molecule has 0 radical (unpaired) electrons. The van der Waals surface area contributed by atoms with E-state index in [1.807, 2.05) is 0 Å². The van der Waals surface area contributed by atoms with Crippen LogP contribution in [0.3, 0.4) is 0 Å². The van der Waals surface area contributed by atoms with Gasteiger partial charge in [0.05, 0.1) is 4.92 Å². The van der Waals surface area contributed by atoms with Crippen molar-refractivity contribution in [3.8, 4) is 0 Å². The molecule has 0 fully saturated rings. The van der Waals surface area contributed by atoms with Crippen molar-refractivity contribution in [3.05, 3.63) is 34.4 Å². The van der Waals surface area contributed by atoms with Crippen LogP contribution in [0.2, 0.25) is 0 Å². The Labute approximate surface area is 107 Å². The highest BCUT2D eigenvalue weighted by Crippen LogP contribution is 2.22. The van der Waals surface area contributed by atoms with E-state index >= 15 is 0 Å². The minimum Gasteiger partial charge on any atom is -0.386 e. The Hall–Kier alpha value is -1.65. The molecule has 0 amide bonds. The lowest BCUT2D eigenvalue weighted by atomic mass is 10.3. The van der Waals surface area contributed by atoms with Gasteiger partial charge in [-0.15, -0.1) is 0 Å². The number of benzene rings is 1. The third-order valence-electron chi connectivity index (χ3n) is 2.12. The van der Waals surface area contributed by atoms with Gasteiger partial charge >= 0.3 is 0 Å². The summed E-state index contributed by atoms with van der Waals surface area (Å²) in [6.45, 7) is -0.938. The maximum absolute atomic E-state index is 12.0. The van der Waals surface area contributed by atoms with Crippen LogP contribution in [0, 0.1) is 10.1 Å². The Balaban J connectivity index is 2.98. The van der Waals surface area contributed by atoms with Crippen LogP contribution in [-0.2, 0) is 10.0 Å². The Morgan fingerprint density at radius 2 is 1.95 bits per heavy atom. The van der Waals surface area contributed by atoms with Crippen LogP contribution in [0.5, 0.6) is 0 Å². The first-order valence-electron chi connectivity index (χ1n) is 4.95. The number of aliphatic hydroxyl groups is 1. The predicted octanol–water partition coefficient (Wildman–Crippen LogP) is 0.499. The third-order valence-corrected chi connectivity index (χ3v) is 3.60. The molecule has 0 aliphatic rings. The van der Waals surface area contributed by atoms with Gasteiger partial charge in [0.2, 0.25) is 10.0 Å². The van der Waals surface area contributed by atoms with Gasteiger partial charge in [0.15, 0.2) is 4.90 Å². The summed E-state index contributed by atoms with van der Waals surface area (Å²) >= 11 is 0. The quantitative estimate of drug-likeness (QED) is 0.586. The molecule has 1 aromatic carbocycles. The van der Waals surface area contributed by atoms with Crippen LogP contribution in [0.15, 0.2) is 29.2 Å². The molecule has 2 N–H and O–H groups in total. The Morgan fingerprint density at radius 1 is 1.37 bits per heavy atom. The Kier molecular flexibility index (Phi) is 4.86. The summed E-state index contributed by atoms with van der Waals surface area (Å²) in [5, 5.41) is 19.5. The molecule has 19 heavy (non-hydrogen) atoms. The normalized spacial score (nSPS) is 13.5. The second-order valence-corrected chi connectivity index (χ2v) is 5.21. The first-order valence-corrected chi connectivity index (χ1v) is 6.43. The minimum atomic E-state index is -4.35. The molecule has 0 aliphatic heterocycles. The molecule has 1 rings (SSSR count). The zero-order valence-electron chi connectivity index (χ0n) is 9.36. The molecule has 0 saturated heterocycles. The van der Waals surface area contributed by atoms with E-state index in [1.54, 1.807) is 4.72 Å². The molecule has 0 bridgehead atoms. The van der Waals surface area contributed by atoms with Gasteiger partial charge in [-0.05, 0) is 6.07 Å². The van der Waals surface area contributed by atoms with Crippen molar-refractivity contribution in [1.82, 2.24) is 4.72 Å². The Morgan fingerprint density at radius 3 is 2.47 bits per heavy atom. The summed E-state index contributed by atoms with van der Waals surface area (Å²) in [6, 6.07) is 4.46. The van der Waals surface area contributed by atoms with E-state index in [0.29, 0.717) is 0 Å². The van der Waals surface area contributed by atoms with Crippen molar-refractivity contribution in [2.24, 2.45) is 0 Å². The van der Waals surface area contributed by atoms with Crippen LogP contribution in [0.1, 0.15) is 0 Å². The van der Waals surface area contributed by atoms with Gasteiger partial charge in [-0.2, -0.15) is 0 Å². The predicted molar refractivity (Wildman–Crippen MR) is 60.3 cm³/mol. The van der Waals surface area contributed by atoms with Crippen LogP contribution in [0.4, 0.5) is 14.5 Å². The molecule has 106 valence electrons. The highest BCUT2D eigenvalue weighted by molar-refractivity contribution is 7.89. The number of nitrogens with one attached hydrogen (secondary N) is 1. The maximum Gasteiger partial charge on any atom is 0.289 e. The maximum atomic E-state index is 12.0. The monoisotopic (exact) mass is 296 g/mol. The average molecular weight is 296 g/mol. The van der Waals surface area contributed by atoms with Gasteiger partial charge in [-0.1, -0.05) is 12.1 Å². The van der Waals surface area contributed by atoms with Gasteiger partial charge in [0.25, 0.3) is 12.1 Å². The number of para-hydroxylation sites is 1. The van der Waals surface area contributed by atoms with Gasteiger partial charge in [-0.3, -0.25) is 10.1 Å². The van der Waals surface area contributed by atoms with E-state index in [-0.39, 0.29) is 0 Å². The summed E-state index contributed by atoms with van der Waals surface area (Å²) in [7, 11) is -4.35. The second-order valence-electron chi connectivity index (χ2n) is 3.48. The van der Waals surface area contributed by atoms with Crippen LogP contribution in [0.25, 0.3) is 0 Å². The topological polar surface area (TPSA) is 110 Å². The summed E-state index contributed by atoms with van der Waals surface area (Å²) in [6.07, 6.45) is -5.30. The molecule has 1 atom stereocenters. The van der Waals surface area contributed by atoms with Crippen molar-refractivity contribution in [2.75, 3.05) is 6.54 Å². The van der Waals surface area contributed by atoms with Crippen LogP contribution in [-0.4, -0.2) is 37.5 Å². The number of sulfonamides is 1. The smallest absolute Gasteiger partial charge is 0.289 e. The summed E-state index contributed by atoms with van der Waals surface area (Å²) in [5.41, 5.74) is -0.679. The molecular formula is C9H10F2N2O5S. The lowest BCUT2D eigenvalue weighted by Gasteiger charge is -2.11. The molecule has 10 heteroatoms. The molecule has 1 aromatic rings. The number of nitro benzene ring substituents is 1. The molecule has 0 spiro atoms. The van der Waals surface area contributed by atoms with E-state index in [4.69, 9.17) is 5.11 Å². The lowest BCUT2D eigenvalue weighted by molar-refractivity contribution is -0.387. The lowest BCUT2D eigenvalue weighted by Crippen LogP contribution is -2.36. The zero-order chi connectivity index (χ0) is 14.6. The van der Waals surface area contributed by atoms with Gasteiger partial charge in [0.1, 0.15) is 6.10 Å². The number of hydrogen-bond acceptors (Lipinski definition) is 5. The number of hydrogen-bond donors (Lipinski definition) is 2. The van der Waals surface area contributed by atoms with Crippen molar-refractivity contribution < 1.29 is 27.2 Å². The van der Waals surface area contributed by atoms with E-state index in [1.165, 1.54) is 12.1 Å². The Bertz CT molecular complexity index is 563. The number of nitrogens with zero attached hydrogens (tertiary/aromatic N) is 1. The first kappa shape index (κ1) is 15.4. The SMILES string of the molecule is O=[N+]([O-])c1ccccc1S(=O)(=O)NCC(O)C(F)F. The van der Waals surface area contributed by atoms with E-state index in [0.717, 1.165) is 12.1 Å². The molecule has 0 heterocycles. The second kappa shape index (κ2) is 5.99. The van der Waals surface area contributed by atoms with Crippen molar-refractivity contribution in [3.63, 3.8) is 0 Å². The van der Waals surface area contributed by atoms with Gasteiger partial charge in [0, 0.05) is 12.6 Å². The molecule has 0 saturated carbocycles. The highest BCUT2D eigenvalue weighted by atomic mass is 32.2. The molecule has 1 unspecified atom stereocenters. The number of alkyl halides is 2. The number of halogens is 2. The number of aliphatic hydroxyl groups excluding tert-OH is 1. The fourth-order valence-electron chi connectivity index (χ4n) is 1.20. The molecule has 0 aliphatic carbocycles. The van der Waals surface area contributed by atoms with Crippen LogP contribution >= 0.6 is 0 Å². The van der Waals surface area contributed by atoms with Crippen molar-refractivity contribution in [2.45, 2.75) is 17.4 Å². The van der Waals surface area contributed by atoms with Gasteiger partial charge < -0.3 is 5.11 Å². The molecule has 0 aromatic heterocycles. The fourth-order valence-corrected chi connectivity index (χ4v) is 2.42. The number of rotatable bonds is 6. The highest BCUT2D eigenvalue weighted by Gasteiger charge is 2.27. The van der Waals surface area contributed by atoms with E-state index in [9.17, 15) is 27.3 Å². The minimum absolute atomic E-state index is 0.651. The van der Waals surface area contributed by atoms with E-state index < -0.39 is 44.6 Å². The van der Waals surface area contributed by atoms with Crippen molar-refractivity contribution in [1.29, 1.82) is 0 Å². The third kappa shape index (κ3) is 3.91. The van der Waals surface area contributed by atoms with Crippen molar-refractivity contribution >= 4 is 15.7 Å². The molecular weight excluding hydrogens is 286 g/mol. The number of nitro groups is 1. The largest absolute Gasteiger partial charge is 0.386 e. The van der Waals surface area contributed by atoms with E-state index in [2.05, 4.69) is 0 Å². The van der Waals surface area contributed by atoms with Gasteiger partial charge in [-0.25, -0.2) is 21.9 Å². The summed E-state index contributed by atoms with van der Waals surface area (Å²) < 4.78 is 49.2. The fraction of sp³-hybridized carbons (Fsp3) is 0.333. The average Bonchev–Trinajstić information content (AvgIpc) is 2.35. The summed E-state index contributed by atoms with van der Waals surface area (Å²) in [4.78, 5) is 9.10. The first-order chi connectivity index (χ1) is 8.75. The van der Waals surface area contributed by atoms with Crippen LogP contribution < -0.4 is 4.72 Å². The molecule has 7 nitrogen and oxygen atoms in total.